The first-order valence-corrected chi connectivity index (χ1v) is 8.51. The van der Waals surface area contributed by atoms with Crippen molar-refractivity contribution in [2.24, 2.45) is 0 Å². The lowest BCUT2D eigenvalue weighted by Gasteiger charge is -2.04. The van der Waals surface area contributed by atoms with Crippen LogP contribution in [-0.4, -0.2) is 23.1 Å². The quantitative estimate of drug-likeness (QED) is 0.853. The van der Waals surface area contributed by atoms with Gasteiger partial charge in [0.15, 0.2) is 5.13 Å². The van der Waals surface area contributed by atoms with Gasteiger partial charge in [0.2, 0.25) is 0 Å². The molecule has 0 aliphatic carbocycles. The number of rotatable bonds is 6. The highest BCUT2D eigenvalue weighted by atomic mass is 32.2. The van der Waals surface area contributed by atoms with Crippen LogP contribution in [-0.2, 0) is 23.2 Å². The molecule has 0 fully saturated rings. The van der Waals surface area contributed by atoms with Crippen LogP contribution in [0.5, 0.6) is 0 Å². The van der Waals surface area contributed by atoms with Crippen molar-refractivity contribution in [3.8, 4) is 0 Å². The zero-order chi connectivity index (χ0) is 14.8. The van der Waals surface area contributed by atoms with E-state index in [2.05, 4.69) is 9.71 Å². The van der Waals surface area contributed by atoms with Gasteiger partial charge in [-0.15, -0.1) is 11.3 Å². The molecule has 2 aromatic heterocycles. The van der Waals surface area contributed by atoms with Gasteiger partial charge in [0.1, 0.15) is 4.90 Å². The molecule has 8 heteroatoms. The topological polar surface area (TPSA) is 84.2 Å². The Kier molecular flexibility index (Phi) is 4.46. The second-order valence-electron chi connectivity index (χ2n) is 4.40. The molecule has 0 bridgehead atoms. The summed E-state index contributed by atoms with van der Waals surface area (Å²) in [5.74, 6) is 0. The van der Waals surface area contributed by atoms with E-state index in [9.17, 15) is 13.5 Å². The van der Waals surface area contributed by atoms with Crippen molar-refractivity contribution in [3.63, 3.8) is 0 Å². The fourth-order valence-electron chi connectivity index (χ4n) is 1.83. The summed E-state index contributed by atoms with van der Waals surface area (Å²) in [5.41, 5.74) is 0.586. The van der Waals surface area contributed by atoms with Crippen molar-refractivity contribution < 1.29 is 13.5 Å². The fraction of sp³-hybridized carbons (Fsp3) is 0.417. The molecule has 0 aromatic carbocycles. The maximum absolute atomic E-state index is 12.3. The number of aliphatic hydroxyl groups excluding tert-OH is 1. The number of hydrogen-bond donors (Lipinski definition) is 2. The molecule has 2 aromatic rings. The molecule has 0 saturated heterocycles. The summed E-state index contributed by atoms with van der Waals surface area (Å²) in [5, 5.41) is 9.61. The lowest BCUT2D eigenvalue weighted by Crippen LogP contribution is -2.12. The molecule has 0 unspecified atom stereocenters. The predicted octanol–water partition coefficient (Wildman–Crippen LogP) is 1.96. The maximum Gasteiger partial charge on any atom is 0.265 e. The van der Waals surface area contributed by atoms with Gasteiger partial charge in [0, 0.05) is 29.5 Å². The van der Waals surface area contributed by atoms with Crippen molar-refractivity contribution in [1.29, 1.82) is 0 Å². The molecule has 2 heterocycles. The Balaban J connectivity index is 2.29. The standard InChI is InChI=1S/C12H17N3O3S2/c1-3-4-15-7-11(5-10(15)8-16)20(17,18)14-12-13-6-9(2)19-12/h5-7,16H,3-4,8H2,1-2H3,(H,13,14). The van der Waals surface area contributed by atoms with Crippen LogP contribution in [0.25, 0.3) is 0 Å². The molecule has 20 heavy (non-hydrogen) atoms. The van der Waals surface area contributed by atoms with Gasteiger partial charge in [-0.1, -0.05) is 6.92 Å². The number of aromatic nitrogens is 2. The molecule has 0 aliphatic heterocycles. The normalized spacial score (nSPS) is 11.8. The van der Waals surface area contributed by atoms with Gasteiger partial charge < -0.3 is 9.67 Å². The zero-order valence-corrected chi connectivity index (χ0v) is 13.0. The smallest absolute Gasteiger partial charge is 0.265 e. The Hall–Kier alpha value is -1.38. The molecule has 0 amide bonds. The minimum absolute atomic E-state index is 0.142. The Morgan fingerprint density at radius 2 is 2.25 bits per heavy atom. The van der Waals surface area contributed by atoms with E-state index in [1.807, 2.05) is 13.8 Å². The Morgan fingerprint density at radius 1 is 1.50 bits per heavy atom. The van der Waals surface area contributed by atoms with Gasteiger partial charge in [-0.05, 0) is 19.4 Å². The molecule has 0 aliphatic rings. The van der Waals surface area contributed by atoms with Gasteiger partial charge in [0.05, 0.1) is 6.61 Å². The second-order valence-corrected chi connectivity index (χ2v) is 7.32. The summed E-state index contributed by atoms with van der Waals surface area (Å²) >= 11 is 1.28. The van der Waals surface area contributed by atoms with E-state index in [1.165, 1.54) is 23.6 Å². The molecule has 0 radical (unpaired) electrons. The fourth-order valence-corrected chi connectivity index (χ4v) is 3.80. The number of nitrogens with zero attached hydrogens (tertiary/aromatic N) is 2. The van der Waals surface area contributed by atoms with Crippen LogP contribution in [0.2, 0.25) is 0 Å². The van der Waals surface area contributed by atoms with Crippen molar-refractivity contribution in [3.05, 3.63) is 29.0 Å². The van der Waals surface area contributed by atoms with E-state index in [4.69, 9.17) is 0 Å². The van der Waals surface area contributed by atoms with Gasteiger partial charge in [-0.25, -0.2) is 13.4 Å². The number of aryl methyl sites for hydroxylation is 2. The van der Waals surface area contributed by atoms with Gasteiger partial charge in [-0.2, -0.15) is 0 Å². The van der Waals surface area contributed by atoms with Crippen molar-refractivity contribution in [1.82, 2.24) is 9.55 Å². The van der Waals surface area contributed by atoms with Crippen LogP contribution in [0.15, 0.2) is 23.4 Å². The number of sulfonamides is 1. The highest BCUT2D eigenvalue weighted by Gasteiger charge is 2.19. The minimum Gasteiger partial charge on any atom is -0.390 e. The van der Waals surface area contributed by atoms with Crippen LogP contribution in [0.3, 0.4) is 0 Å². The summed E-state index contributed by atoms with van der Waals surface area (Å²) in [4.78, 5) is 5.06. The van der Waals surface area contributed by atoms with Gasteiger partial charge in [0.25, 0.3) is 10.0 Å². The Labute approximate surface area is 122 Å². The number of anilines is 1. The van der Waals surface area contributed by atoms with Crippen LogP contribution >= 0.6 is 11.3 Å². The average Bonchev–Trinajstić information content (AvgIpc) is 2.96. The lowest BCUT2D eigenvalue weighted by molar-refractivity contribution is 0.270. The first-order chi connectivity index (χ1) is 9.46. The number of thiazole rings is 1. The van der Waals surface area contributed by atoms with Crippen LogP contribution in [0.4, 0.5) is 5.13 Å². The van der Waals surface area contributed by atoms with Crippen LogP contribution in [0.1, 0.15) is 23.9 Å². The monoisotopic (exact) mass is 315 g/mol. The van der Waals surface area contributed by atoms with Gasteiger partial charge >= 0.3 is 0 Å². The molecule has 0 saturated carbocycles. The van der Waals surface area contributed by atoms with Crippen molar-refractivity contribution in [2.45, 2.75) is 38.3 Å². The molecular formula is C12H17N3O3S2. The molecule has 6 nitrogen and oxygen atoms in total. The van der Waals surface area contributed by atoms with E-state index in [1.54, 1.807) is 10.8 Å². The number of hydrogen-bond acceptors (Lipinski definition) is 5. The number of aliphatic hydroxyl groups is 1. The predicted molar refractivity (Wildman–Crippen MR) is 78.3 cm³/mol. The molecule has 2 N–H and O–H groups in total. The first kappa shape index (κ1) is 15.0. The minimum atomic E-state index is -3.66. The van der Waals surface area contributed by atoms with Crippen molar-refractivity contribution in [2.75, 3.05) is 4.72 Å². The average molecular weight is 315 g/mol. The molecule has 110 valence electrons. The third kappa shape index (κ3) is 3.20. The first-order valence-electron chi connectivity index (χ1n) is 6.21. The molecule has 0 spiro atoms. The third-order valence-corrected chi connectivity index (χ3v) is 5.00. The summed E-state index contributed by atoms with van der Waals surface area (Å²) in [7, 11) is -3.66. The Bertz CT molecular complexity index is 689. The Morgan fingerprint density at radius 3 is 2.80 bits per heavy atom. The van der Waals surface area contributed by atoms with Crippen molar-refractivity contribution >= 4 is 26.5 Å². The highest BCUT2D eigenvalue weighted by molar-refractivity contribution is 7.93. The van der Waals surface area contributed by atoms with E-state index < -0.39 is 10.0 Å². The third-order valence-electron chi connectivity index (χ3n) is 2.74. The van der Waals surface area contributed by atoms with Gasteiger partial charge in [-0.3, -0.25) is 4.72 Å². The SMILES string of the molecule is CCCn1cc(S(=O)(=O)Nc2ncc(C)s2)cc1CO. The van der Waals surface area contributed by atoms with E-state index in [0.717, 1.165) is 11.3 Å². The van der Waals surface area contributed by atoms with Crippen LogP contribution < -0.4 is 4.72 Å². The molecule has 2 rings (SSSR count). The van der Waals surface area contributed by atoms with Crippen LogP contribution in [0, 0.1) is 6.92 Å². The number of nitrogens with one attached hydrogen (secondary N) is 1. The lowest BCUT2D eigenvalue weighted by atomic mass is 10.4. The summed E-state index contributed by atoms with van der Waals surface area (Å²) in [6.45, 7) is 4.33. The van der Waals surface area contributed by atoms with E-state index in [-0.39, 0.29) is 11.5 Å². The summed E-state index contributed by atoms with van der Waals surface area (Å²) in [6, 6.07) is 1.48. The molecular weight excluding hydrogens is 298 g/mol. The van der Waals surface area contributed by atoms with E-state index >= 15 is 0 Å². The maximum atomic E-state index is 12.3. The zero-order valence-electron chi connectivity index (χ0n) is 11.3. The largest absolute Gasteiger partial charge is 0.390 e. The summed E-state index contributed by atoms with van der Waals surface area (Å²) in [6.07, 6.45) is 4.02. The second kappa shape index (κ2) is 5.94. The van der Waals surface area contributed by atoms with E-state index in [0.29, 0.717) is 17.4 Å². The highest BCUT2D eigenvalue weighted by Crippen LogP contribution is 2.22. The molecule has 0 atom stereocenters. The summed E-state index contributed by atoms with van der Waals surface area (Å²) < 4.78 is 28.7.